The van der Waals surface area contributed by atoms with Crippen molar-refractivity contribution in [2.45, 2.75) is 13.5 Å². The van der Waals surface area contributed by atoms with Gasteiger partial charge in [0.15, 0.2) is 5.82 Å². The first-order chi connectivity index (χ1) is 8.70. The molecule has 0 unspecified atom stereocenters. The van der Waals surface area contributed by atoms with E-state index in [1.54, 1.807) is 12.4 Å². The summed E-state index contributed by atoms with van der Waals surface area (Å²) in [5.74, 6) is 0.160. The molecule has 0 aliphatic heterocycles. The number of primary amides is 1. The molecule has 0 radical (unpaired) electrons. The van der Waals surface area contributed by atoms with E-state index in [0.29, 0.717) is 11.4 Å². The SMILES string of the molecule is CCNCc1ccc(-n2cc(C(N)=O)cn2)nc1. The molecule has 6 nitrogen and oxygen atoms in total. The Morgan fingerprint density at radius 3 is 2.83 bits per heavy atom. The van der Waals surface area contributed by atoms with E-state index in [9.17, 15) is 4.79 Å². The molecule has 0 spiro atoms. The van der Waals surface area contributed by atoms with Crippen LogP contribution in [-0.2, 0) is 6.54 Å². The molecule has 2 aromatic heterocycles. The molecule has 0 aromatic carbocycles. The number of nitrogens with two attached hydrogens (primary N) is 1. The normalized spacial score (nSPS) is 10.5. The Morgan fingerprint density at radius 1 is 1.44 bits per heavy atom. The summed E-state index contributed by atoms with van der Waals surface area (Å²) in [5.41, 5.74) is 6.63. The van der Waals surface area contributed by atoms with Crippen LogP contribution in [0.15, 0.2) is 30.7 Å². The quantitative estimate of drug-likeness (QED) is 0.802. The second kappa shape index (κ2) is 5.42. The number of carbonyl (C=O) groups is 1. The minimum Gasteiger partial charge on any atom is -0.366 e. The summed E-state index contributed by atoms with van der Waals surface area (Å²) < 4.78 is 1.52. The topological polar surface area (TPSA) is 85.8 Å². The van der Waals surface area contributed by atoms with Gasteiger partial charge in [0.1, 0.15) is 0 Å². The van der Waals surface area contributed by atoms with E-state index < -0.39 is 5.91 Å². The maximum absolute atomic E-state index is 11.0. The summed E-state index contributed by atoms with van der Waals surface area (Å²) in [6.45, 7) is 3.76. The third kappa shape index (κ3) is 2.72. The number of nitrogens with zero attached hydrogens (tertiary/aromatic N) is 3. The molecule has 0 aliphatic carbocycles. The molecule has 1 amide bonds. The van der Waals surface area contributed by atoms with Crippen molar-refractivity contribution in [1.29, 1.82) is 0 Å². The predicted octanol–water partition coefficient (Wildman–Crippen LogP) is 0.476. The van der Waals surface area contributed by atoms with Crippen LogP contribution in [0.3, 0.4) is 0 Å². The zero-order valence-electron chi connectivity index (χ0n) is 10.1. The molecule has 18 heavy (non-hydrogen) atoms. The Kier molecular flexibility index (Phi) is 3.69. The summed E-state index contributed by atoms with van der Waals surface area (Å²) in [7, 11) is 0. The molecule has 2 aromatic rings. The van der Waals surface area contributed by atoms with Crippen LogP contribution in [-0.4, -0.2) is 27.2 Å². The number of nitrogens with one attached hydrogen (secondary N) is 1. The number of rotatable bonds is 5. The molecular weight excluding hydrogens is 230 g/mol. The highest BCUT2D eigenvalue weighted by Crippen LogP contribution is 2.06. The molecule has 0 saturated heterocycles. The monoisotopic (exact) mass is 245 g/mol. The van der Waals surface area contributed by atoms with E-state index in [0.717, 1.165) is 18.7 Å². The largest absolute Gasteiger partial charge is 0.366 e. The van der Waals surface area contributed by atoms with Gasteiger partial charge in [-0.3, -0.25) is 4.79 Å². The van der Waals surface area contributed by atoms with Crippen LogP contribution in [0.25, 0.3) is 5.82 Å². The van der Waals surface area contributed by atoms with Crippen molar-refractivity contribution in [3.8, 4) is 5.82 Å². The van der Waals surface area contributed by atoms with Crippen LogP contribution in [0.1, 0.15) is 22.8 Å². The molecule has 2 heterocycles. The number of hydrogen-bond acceptors (Lipinski definition) is 4. The van der Waals surface area contributed by atoms with Crippen molar-refractivity contribution in [2.24, 2.45) is 5.73 Å². The zero-order chi connectivity index (χ0) is 13.0. The summed E-state index contributed by atoms with van der Waals surface area (Å²) >= 11 is 0. The first-order valence-corrected chi connectivity index (χ1v) is 5.71. The zero-order valence-corrected chi connectivity index (χ0v) is 10.1. The Balaban J connectivity index is 2.15. The van der Waals surface area contributed by atoms with Crippen molar-refractivity contribution < 1.29 is 4.79 Å². The van der Waals surface area contributed by atoms with E-state index in [2.05, 4.69) is 22.3 Å². The fourth-order valence-corrected chi connectivity index (χ4v) is 1.50. The average molecular weight is 245 g/mol. The van der Waals surface area contributed by atoms with Crippen LogP contribution in [0.4, 0.5) is 0 Å². The standard InChI is InChI=1S/C12H15N5O/c1-2-14-5-9-3-4-11(15-6-9)17-8-10(7-16-17)12(13)18/h3-4,6-8,14H,2,5H2,1H3,(H2,13,18). The van der Waals surface area contributed by atoms with Gasteiger partial charge in [0.05, 0.1) is 11.8 Å². The second-order valence-electron chi connectivity index (χ2n) is 3.84. The Morgan fingerprint density at radius 2 is 2.28 bits per heavy atom. The molecule has 0 atom stereocenters. The van der Waals surface area contributed by atoms with Crippen LogP contribution >= 0.6 is 0 Å². The lowest BCUT2D eigenvalue weighted by molar-refractivity contribution is 0.100. The minimum atomic E-state index is -0.495. The van der Waals surface area contributed by atoms with E-state index >= 15 is 0 Å². The fourth-order valence-electron chi connectivity index (χ4n) is 1.50. The highest BCUT2D eigenvalue weighted by Gasteiger charge is 2.05. The van der Waals surface area contributed by atoms with Crippen molar-refractivity contribution in [1.82, 2.24) is 20.1 Å². The predicted molar refractivity (Wildman–Crippen MR) is 67.3 cm³/mol. The van der Waals surface area contributed by atoms with Crippen LogP contribution in [0, 0.1) is 0 Å². The van der Waals surface area contributed by atoms with Gasteiger partial charge >= 0.3 is 0 Å². The van der Waals surface area contributed by atoms with Gasteiger partial charge < -0.3 is 11.1 Å². The first-order valence-electron chi connectivity index (χ1n) is 5.71. The van der Waals surface area contributed by atoms with Gasteiger partial charge in [0, 0.05) is 18.9 Å². The average Bonchev–Trinajstić information content (AvgIpc) is 2.87. The highest BCUT2D eigenvalue weighted by molar-refractivity contribution is 5.92. The molecule has 0 bridgehead atoms. The maximum Gasteiger partial charge on any atom is 0.251 e. The number of hydrogen-bond donors (Lipinski definition) is 2. The van der Waals surface area contributed by atoms with Crippen molar-refractivity contribution in [3.05, 3.63) is 41.9 Å². The van der Waals surface area contributed by atoms with Gasteiger partial charge in [-0.25, -0.2) is 9.67 Å². The van der Waals surface area contributed by atoms with E-state index in [4.69, 9.17) is 5.73 Å². The molecule has 94 valence electrons. The lowest BCUT2D eigenvalue weighted by atomic mass is 10.3. The van der Waals surface area contributed by atoms with Gasteiger partial charge in [0.2, 0.25) is 0 Å². The van der Waals surface area contributed by atoms with E-state index in [1.165, 1.54) is 10.9 Å². The summed E-state index contributed by atoms with van der Waals surface area (Å²) in [6, 6.07) is 3.82. The van der Waals surface area contributed by atoms with Crippen LogP contribution in [0.2, 0.25) is 0 Å². The Bertz CT molecular complexity index is 532. The number of aromatic nitrogens is 3. The third-order valence-corrected chi connectivity index (χ3v) is 2.49. The smallest absolute Gasteiger partial charge is 0.251 e. The molecule has 0 saturated carbocycles. The Labute approximate surface area is 105 Å². The minimum absolute atomic E-state index is 0.369. The van der Waals surface area contributed by atoms with Crippen molar-refractivity contribution in [2.75, 3.05) is 6.54 Å². The van der Waals surface area contributed by atoms with Gasteiger partial charge in [0.25, 0.3) is 5.91 Å². The second-order valence-corrected chi connectivity index (χ2v) is 3.84. The third-order valence-electron chi connectivity index (χ3n) is 2.49. The Hall–Kier alpha value is -2.21. The van der Waals surface area contributed by atoms with Crippen LogP contribution < -0.4 is 11.1 Å². The van der Waals surface area contributed by atoms with Crippen molar-refractivity contribution in [3.63, 3.8) is 0 Å². The van der Waals surface area contributed by atoms with E-state index in [-0.39, 0.29) is 0 Å². The first kappa shape index (κ1) is 12.3. The molecule has 6 heteroatoms. The fraction of sp³-hybridized carbons (Fsp3) is 0.250. The number of amides is 1. The summed E-state index contributed by atoms with van der Waals surface area (Å²) in [4.78, 5) is 15.2. The van der Waals surface area contributed by atoms with E-state index in [1.807, 2.05) is 12.1 Å². The van der Waals surface area contributed by atoms with Crippen LogP contribution in [0.5, 0.6) is 0 Å². The molecule has 3 N–H and O–H groups in total. The van der Waals surface area contributed by atoms with Gasteiger partial charge in [-0.05, 0) is 18.2 Å². The van der Waals surface area contributed by atoms with Gasteiger partial charge in [-0.15, -0.1) is 0 Å². The lowest BCUT2D eigenvalue weighted by Gasteiger charge is -2.03. The maximum atomic E-state index is 11.0. The highest BCUT2D eigenvalue weighted by atomic mass is 16.1. The summed E-state index contributed by atoms with van der Waals surface area (Å²) in [6.07, 6.45) is 4.77. The lowest BCUT2D eigenvalue weighted by Crippen LogP contribution is -2.12. The van der Waals surface area contributed by atoms with Crippen molar-refractivity contribution >= 4 is 5.91 Å². The van der Waals surface area contributed by atoms with Gasteiger partial charge in [-0.1, -0.05) is 13.0 Å². The molecule has 2 rings (SSSR count). The molecule has 0 aliphatic rings. The van der Waals surface area contributed by atoms with Gasteiger partial charge in [-0.2, -0.15) is 5.10 Å². The molecule has 0 fully saturated rings. The molecular formula is C12H15N5O. The summed E-state index contributed by atoms with van der Waals surface area (Å²) in [5, 5.41) is 7.26. The number of carbonyl (C=O) groups excluding carboxylic acids is 1. The number of pyridine rings is 1.